The minimum Gasteiger partial charge on any atom is -0.369 e. The van der Waals surface area contributed by atoms with Crippen molar-refractivity contribution in [2.24, 2.45) is 0 Å². The molecule has 0 radical (unpaired) electrons. The molecule has 0 spiro atoms. The van der Waals surface area contributed by atoms with Crippen LogP contribution in [-0.4, -0.2) is 26.2 Å². The summed E-state index contributed by atoms with van der Waals surface area (Å²) in [6, 6.07) is 6.85. The summed E-state index contributed by atoms with van der Waals surface area (Å²) >= 11 is 0. The summed E-state index contributed by atoms with van der Waals surface area (Å²) in [7, 11) is 0. The van der Waals surface area contributed by atoms with E-state index in [0.717, 1.165) is 26.2 Å². The quantitative estimate of drug-likeness (QED) is 0.820. The van der Waals surface area contributed by atoms with Gasteiger partial charge in [0.15, 0.2) is 0 Å². The van der Waals surface area contributed by atoms with Gasteiger partial charge in [0.25, 0.3) is 0 Å². The first-order valence-corrected chi connectivity index (χ1v) is 6.24. The average molecular weight is 218 g/mol. The SMILES string of the molecule is Cc1ccc(N2CCNCC2)c(C(C)C)c1. The number of hydrogen-bond donors (Lipinski definition) is 1. The molecule has 2 rings (SSSR count). The summed E-state index contributed by atoms with van der Waals surface area (Å²) in [5.74, 6) is 0.602. The zero-order chi connectivity index (χ0) is 11.5. The van der Waals surface area contributed by atoms with Crippen molar-refractivity contribution in [1.82, 2.24) is 5.32 Å². The highest BCUT2D eigenvalue weighted by atomic mass is 15.2. The second-order valence-electron chi connectivity index (χ2n) is 4.95. The van der Waals surface area contributed by atoms with Crippen molar-refractivity contribution in [3.05, 3.63) is 29.3 Å². The second-order valence-corrected chi connectivity index (χ2v) is 4.95. The molecule has 0 amide bonds. The lowest BCUT2D eigenvalue weighted by Gasteiger charge is -2.32. The van der Waals surface area contributed by atoms with E-state index >= 15 is 0 Å². The van der Waals surface area contributed by atoms with Crippen molar-refractivity contribution in [3.63, 3.8) is 0 Å². The van der Waals surface area contributed by atoms with Crippen molar-refractivity contribution in [2.45, 2.75) is 26.7 Å². The van der Waals surface area contributed by atoms with Crippen molar-refractivity contribution in [3.8, 4) is 0 Å². The van der Waals surface area contributed by atoms with Crippen LogP contribution in [0.25, 0.3) is 0 Å². The van der Waals surface area contributed by atoms with Gasteiger partial charge in [-0.15, -0.1) is 0 Å². The van der Waals surface area contributed by atoms with Crippen molar-refractivity contribution < 1.29 is 0 Å². The monoisotopic (exact) mass is 218 g/mol. The Morgan fingerprint density at radius 2 is 1.88 bits per heavy atom. The number of rotatable bonds is 2. The largest absolute Gasteiger partial charge is 0.369 e. The first kappa shape index (κ1) is 11.5. The van der Waals surface area contributed by atoms with Gasteiger partial charge >= 0.3 is 0 Å². The van der Waals surface area contributed by atoms with Crippen LogP contribution in [0.1, 0.15) is 30.9 Å². The third-order valence-corrected chi connectivity index (χ3v) is 3.26. The first-order chi connectivity index (χ1) is 7.68. The molecule has 2 nitrogen and oxygen atoms in total. The van der Waals surface area contributed by atoms with Gasteiger partial charge in [0.05, 0.1) is 0 Å². The first-order valence-electron chi connectivity index (χ1n) is 6.24. The van der Waals surface area contributed by atoms with Crippen LogP contribution in [0.3, 0.4) is 0 Å². The smallest absolute Gasteiger partial charge is 0.0402 e. The number of benzene rings is 1. The minimum atomic E-state index is 0.602. The Bertz CT molecular complexity index is 352. The lowest BCUT2D eigenvalue weighted by atomic mass is 9.98. The molecule has 0 saturated carbocycles. The standard InChI is InChI=1S/C14H22N2/c1-11(2)13-10-12(3)4-5-14(13)16-8-6-15-7-9-16/h4-5,10-11,15H,6-9H2,1-3H3. The molecule has 1 heterocycles. The van der Waals surface area contributed by atoms with Gasteiger partial charge in [-0.3, -0.25) is 0 Å². The Labute approximate surface area is 98.7 Å². The fourth-order valence-electron chi connectivity index (χ4n) is 2.33. The molecule has 1 fully saturated rings. The third-order valence-electron chi connectivity index (χ3n) is 3.26. The fourth-order valence-corrected chi connectivity index (χ4v) is 2.33. The summed E-state index contributed by atoms with van der Waals surface area (Å²) in [6.07, 6.45) is 0. The molecule has 1 aliphatic rings. The summed E-state index contributed by atoms with van der Waals surface area (Å²) in [4.78, 5) is 2.51. The van der Waals surface area contributed by atoms with Crippen LogP contribution in [0.4, 0.5) is 5.69 Å². The molecule has 1 aromatic carbocycles. The summed E-state index contributed by atoms with van der Waals surface area (Å²) in [5.41, 5.74) is 4.28. The minimum absolute atomic E-state index is 0.602. The number of nitrogens with zero attached hydrogens (tertiary/aromatic N) is 1. The zero-order valence-corrected chi connectivity index (χ0v) is 10.6. The average Bonchev–Trinajstić information content (AvgIpc) is 2.30. The van der Waals surface area contributed by atoms with Crippen LogP contribution in [0, 0.1) is 6.92 Å². The second kappa shape index (κ2) is 4.88. The van der Waals surface area contributed by atoms with Crippen LogP contribution >= 0.6 is 0 Å². The fraction of sp³-hybridized carbons (Fsp3) is 0.571. The van der Waals surface area contributed by atoms with E-state index in [1.54, 1.807) is 0 Å². The molecule has 0 bridgehead atoms. The van der Waals surface area contributed by atoms with Gasteiger partial charge in [0, 0.05) is 31.9 Å². The van der Waals surface area contributed by atoms with Crippen molar-refractivity contribution >= 4 is 5.69 Å². The van der Waals surface area contributed by atoms with Crippen LogP contribution in [0.15, 0.2) is 18.2 Å². The Morgan fingerprint density at radius 3 is 2.50 bits per heavy atom. The topological polar surface area (TPSA) is 15.3 Å². The molecule has 1 aromatic rings. The predicted molar refractivity (Wildman–Crippen MR) is 70.4 cm³/mol. The van der Waals surface area contributed by atoms with Gasteiger partial charge in [-0.25, -0.2) is 0 Å². The summed E-state index contributed by atoms with van der Waals surface area (Å²) in [5, 5.41) is 3.40. The summed E-state index contributed by atoms with van der Waals surface area (Å²) in [6.45, 7) is 11.2. The van der Waals surface area contributed by atoms with E-state index in [0.29, 0.717) is 5.92 Å². The molecule has 1 aliphatic heterocycles. The Hall–Kier alpha value is -1.02. The van der Waals surface area contributed by atoms with Gasteiger partial charge < -0.3 is 10.2 Å². The molecule has 0 atom stereocenters. The number of piperazine rings is 1. The van der Waals surface area contributed by atoms with Gasteiger partial charge in [0.2, 0.25) is 0 Å². The van der Waals surface area contributed by atoms with Crippen molar-refractivity contribution in [2.75, 3.05) is 31.1 Å². The zero-order valence-electron chi connectivity index (χ0n) is 10.6. The van der Waals surface area contributed by atoms with Crippen LogP contribution in [0.2, 0.25) is 0 Å². The van der Waals surface area contributed by atoms with E-state index in [-0.39, 0.29) is 0 Å². The highest BCUT2D eigenvalue weighted by Crippen LogP contribution is 2.28. The Balaban J connectivity index is 2.31. The number of nitrogens with one attached hydrogen (secondary N) is 1. The van der Waals surface area contributed by atoms with Gasteiger partial charge in [0.1, 0.15) is 0 Å². The van der Waals surface area contributed by atoms with E-state index in [2.05, 4.69) is 49.2 Å². The molecular formula is C14H22N2. The molecule has 16 heavy (non-hydrogen) atoms. The van der Waals surface area contributed by atoms with Gasteiger partial charge in [-0.2, -0.15) is 0 Å². The van der Waals surface area contributed by atoms with Crippen LogP contribution in [0.5, 0.6) is 0 Å². The predicted octanol–water partition coefficient (Wildman–Crippen LogP) is 2.53. The normalized spacial score (nSPS) is 16.9. The van der Waals surface area contributed by atoms with Crippen LogP contribution in [-0.2, 0) is 0 Å². The highest BCUT2D eigenvalue weighted by molar-refractivity contribution is 5.56. The molecule has 2 heteroatoms. The molecule has 1 saturated heterocycles. The Kier molecular flexibility index (Phi) is 3.49. The van der Waals surface area contributed by atoms with Crippen LogP contribution < -0.4 is 10.2 Å². The maximum atomic E-state index is 3.40. The molecule has 1 N–H and O–H groups in total. The lowest BCUT2D eigenvalue weighted by Crippen LogP contribution is -2.43. The molecule has 88 valence electrons. The lowest BCUT2D eigenvalue weighted by molar-refractivity contribution is 0.586. The maximum Gasteiger partial charge on any atom is 0.0402 e. The molecule has 0 aliphatic carbocycles. The highest BCUT2D eigenvalue weighted by Gasteiger charge is 2.15. The number of hydrogen-bond acceptors (Lipinski definition) is 2. The van der Waals surface area contributed by atoms with E-state index in [4.69, 9.17) is 0 Å². The maximum absolute atomic E-state index is 3.40. The van der Waals surface area contributed by atoms with Gasteiger partial charge in [-0.05, 0) is 24.5 Å². The van der Waals surface area contributed by atoms with E-state index in [1.807, 2.05) is 0 Å². The summed E-state index contributed by atoms with van der Waals surface area (Å²) < 4.78 is 0. The molecule has 0 aromatic heterocycles. The van der Waals surface area contributed by atoms with Crippen molar-refractivity contribution in [1.29, 1.82) is 0 Å². The molecular weight excluding hydrogens is 196 g/mol. The number of anilines is 1. The number of aryl methyl sites for hydroxylation is 1. The third kappa shape index (κ3) is 2.38. The Morgan fingerprint density at radius 1 is 1.19 bits per heavy atom. The van der Waals surface area contributed by atoms with E-state index in [9.17, 15) is 0 Å². The molecule has 0 unspecified atom stereocenters. The van der Waals surface area contributed by atoms with Gasteiger partial charge in [-0.1, -0.05) is 31.5 Å². The van der Waals surface area contributed by atoms with E-state index in [1.165, 1.54) is 16.8 Å². The van der Waals surface area contributed by atoms with E-state index < -0.39 is 0 Å².